The van der Waals surface area contributed by atoms with Gasteiger partial charge in [-0.1, -0.05) is 121 Å². The Morgan fingerprint density at radius 3 is 0.838 bits per heavy atom. The summed E-state index contributed by atoms with van der Waals surface area (Å²) in [6.07, 6.45) is -0.662. The second kappa shape index (κ2) is 30.0. The third kappa shape index (κ3) is 21.6. The lowest BCUT2D eigenvalue weighted by Gasteiger charge is -2.25. The van der Waals surface area contributed by atoms with E-state index in [-0.39, 0.29) is 25.7 Å². The van der Waals surface area contributed by atoms with E-state index in [0.29, 0.717) is 22.5 Å². The Kier molecular flexibility index (Phi) is 23.1. The lowest BCUT2D eigenvalue weighted by atomic mass is 10.0. The molecule has 0 saturated carbocycles. The number of anilines is 2. The van der Waals surface area contributed by atoms with Gasteiger partial charge in [0.15, 0.2) is 0 Å². The number of methoxy groups -OCH3 is 2. The number of benzene rings is 6. The number of carbonyl (C=O) groups excluding carboxylic acids is 8. The second-order valence-electron chi connectivity index (χ2n) is 20.4. The molecule has 0 heterocycles. The highest BCUT2D eigenvalue weighted by atomic mass is 16.6. The van der Waals surface area contributed by atoms with Gasteiger partial charge in [-0.3, -0.25) is 19.2 Å². The van der Waals surface area contributed by atoms with Crippen LogP contribution in [0.15, 0.2) is 170 Å². The predicted molar refractivity (Wildman–Crippen MR) is 304 cm³/mol. The van der Waals surface area contributed by atoms with Crippen LogP contribution >= 0.6 is 0 Å². The van der Waals surface area contributed by atoms with Crippen molar-refractivity contribution < 1.29 is 57.3 Å². The molecular weight excluding hydrogens is 1020 g/mol. The highest BCUT2D eigenvalue weighted by molar-refractivity contribution is 6.00. The molecule has 6 aromatic carbocycles. The van der Waals surface area contributed by atoms with Gasteiger partial charge in [0.2, 0.25) is 23.6 Å². The van der Waals surface area contributed by atoms with Crippen LogP contribution in [0.5, 0.6) is 0 Å². The lowest BCUT2D eigenvalue weighted by molar-refractivity contribution is -0.127. The minimum atomic E-state index is -0.998. The molecule has 0 bridgehead atoms. The van der Waals surface area contributed by atoms with Crippen LogP contribution in [0.4, 0.5) is 21.0 Å². The summed E-state index contributed by atoms with van der Waals surface area (Å²) < 4.78 is 20.2. The monoisotopic (exact) mass is 1090 g/mol. The Bertz CT molecular complexity index is 2780. The van der Waals surface area contributed by atoms with Gasteiger partial charge in [0.05, 0.1) is 25.3 Å². The Labute approximate surface area is 466 Å². The highest BCUT2D eigenvalue weighted by Crippen LogP contribution is 2.17. The lowest BCUT2D eigenvalue weighted by Crippen LogP contribution is -2.54. The number of carbonyl (C=O) groups is 8. The molecule has 0 aliphatic carbocycles. The van der Waals surface area contributed by atoms with Crippen LogP contribution < -0.4 is 31.9 Å². The van der Waals surface area contributed by atoms with E-state index < -0.39 is 83.1 Å². The Balaban J connectivity index is 0.000000294. The summed E-state index contributed by atoms with van der Waals surface area (Å²) in [6.45, 7) is 10.4. The number of amides is 6. The standard InChI is InChI=1S/2C31H35N3O6/c2*1-31(2,3)40-30(38)34-26(20-22-13-9-6-10-14-22)28(36)33-25(19-21-11-7-5-8-12-21)27(35)32-24-17-15-23(16-18-24)29(37)39-4/h2*5-18,25-26H,19-20H2,1-4H3,(H,32,35)(H,33,36)(H,34,38)/t2*25-,26-/m11/s1. The van der Waals surface area contributed by atoms with E-state index in [4.69, 9.17) is 18.9 Å². The minimum absolute atomic E-state index is 0.195. The molecule has 0 aliphatic heterocycles. The van der Waals surface area contributed by atoms with Gasteiger partial charge in [0.25, 0.3) is 0 Å². The average molecular weight is 1090 g/mol. The maximum Gasteiger partial charge on any atom is 0.408 e. The molecular formula is C62H70N6O12. The van der Waals surface area contributed by atoms with Crippen molar-refractivity contribution in [3.63, 3.8) is 0 Å². The Morgan fingerprint density at radius 1 is 0.350 bits per heavy atom. The normalized spacial score (nSPS) is 12.4. The van der Waals surface area contributed by atoms with Crippen LogP contribution in [-0.4, -0.2) is 97.3 Å². The molecule has 4 atom stereocenters. The first-order valence-electron chi connectivity index (χ1n) is 25.8. The van der Waals surface area contributed by atoms with Crippen molar-refractivity contribution in [1.29, 1.82) is 0 Å². The molecule has 0 saturated heterocycles. The first-order valence-corrected chi connectivity index (χ1v) is 25.8. The predicted octanol–water partition coefficient (Wildman–Crippen LogP) is 8.55. The third-order valence-corrected chi connectivity index (χ3v) is 11.6. The van der Waals surface area contributed by atoms with E-state index in [0.717, 1.165) is 22.3 Å². The van der Waals surface area contributed by atoms with Gasteiger partial charge >= 0.3 is 24.1 Å². The highest BCUT2D eigenvalue weighted by Gasteiger charge is 2.31. The molecule has 6 N–H and O–H groups in total. The second-order valence-corrected chi connectivity index (χ2v) is 20.4. The Hall–Kier alpha value is -9.32. The van der Waals surface area contributed by atoms with Crippen molar-refractivity contribution in [2.45, 2.75) is 103 Å². The zero-order valence-electron chi connectivity index (χ0n) is 46.2. The van der Waals surface area contributed by atoms with Gasteiger partial charge in [0, 0.05) is 37.1 Å². The molecule has 18 heteroatoms. The van der Waals surface area contributed by atoms with Crippen LogP contribution in [0.3, 0.4) is 0 Å². The van der Waals surface area contributed by atoms with E-state index in [2.05, 4.69) is 31.9 Å². The summed E-state index contributed by atoms with van der Waals surface area (Å²) in [4.78, 5) is 103. The zero-order chi connectivity index (χ0) is 58.2. The van der Waals surface area contributed by atoms with Gasteiger partial charge in [-0.2, -0.15) is 0 Å². The number of hydrogen-bond donors (Lipinski definition) is 6. The number of esters is 2. The summed E-state index contributed by atoms with van der Waals surface area (Å²) in [5.74, 6) is -2.97. The van der Waals surface area contributed by atoms with E-state index in [1.807, 2.05) is 121 Å². The summed E-state index contributed by atoms with van der Waals surface area (Å²) in [5, 5.41) is 16.5. The van der Waals surface area contributed by atoms with Crippen LogP contribution in [0, 0.1) is 0 Å². The van der Waals surface area contributed by atoms with Crippen molar-refractivity contribution in [3.05, 3.63) is 203 Å². The fourth-order valence-corrected chi connectivity index (χ4v) is 7.75. The fraction of sp³-hybridized carbons (Fsp3) is 0.290. The number of nitrogens with one attached hydrogen (secondary N) is 6. The molecule has 6 amide bonds. The van der Waals surface area contributed by atoms with Gasteiger partial charge in [-0.15, -0.1) is 0 Å². The van der Waals surface area contributed by atoms with E-state index >= 15 is 0 Å². The zero-order valence-corrected chi connectivity index (χ0v) is 46.2. The van der Waals surface area contributed by atoms with Crippen LogP contribution in [0.25, 0.3) is 0 Å². The van der Waals surface area contributed by atoms with Gasteiger partial charge in [-0.25, -0.2) is 19.2 Å². The average Bonchev–Trinajstić information content (AvgIpc) is 3.42. The van der Waals surface area contributed by atoms with Gasteiger partial charge in [-0.05, 0) is 112 Å². The Morgan fingerprint density at radius 2 is 0.600 bits per heavy atom. The van der Waals surface area contributed by atoms with Crippen LogP contribution in [-0.2, 0) is 63.8 Å². The first-order chi connectivity index (χ1) is 38.1. The maximum atomic E-state index is 13.5. The van der Waals surface area contributed by atoms with E-state index in [1.165, 1.54) is 38.5 Å². The first kappa shape index (κ1) is 61.5. The molecule has 420 valence electrons. The summed E-state index contributed by atoms with van der Waals surface area (Å²) in [7, 11) is 2.58. The summed E-state index contributed by atoms with van der Waals surface area (Å²) >= 11 is 0. The minimum Gasteiger partial charge on any atom is -0.465 e. The van der Waals surface area contributed by atoms with Crippen molar-refractivity contribution in [2.75, 3.05) is 24.9 Å². The third-order valence-electron chi connectivity index (χ3n) is 11.6. The smallest absolute Gasteiger partial charge is 0.408 e. The molecule has 0 fully saturated rings. The number of rotatable bonds is 20. The van der Waals surface area contributed by atoms with E-state index in [9.17, 15) is 38.4 Å². The molecule has 6 aromatic rings. The number of hydrogen-bond acceptors (Lipinski definition) is 12. The quantitative estimate of drug-likeness (QED) is 0.0311. The topological polar surface area (TPSA) is 246 Å². The largest absolute Gasteiger partial charge is 0.465 e. The molecule has 80 heavy (non-hydrogen) atoms. The molecule has 6 rings (SSSR count). The molecule has 0 spiro atoms. The van der Waals surface area contributed by atoms with Crippen molar-refractivity contribution >= 4 is 59.1 Å². The van der Waals surface area contributed by atoms with Crippen molar-refractivity contribution in [1.82, 2.24) is 21.3 Å². The van der Waals surface area contributed by atoms with Crippen molar-refractivity contribution in [3.8, 4) is 0 Å². The molecule has 0 aromatic heterocycles. The van der Waals surface area contributed by atoms with Gasteiger partial charge < -0.3 is 50.8 Å². The number of alkyl carbamates (subject to hydrolysis) is 2. The number of ether oxygens (including phenoxy) is 4. The summed E-state index contributed by atoms with van der Waals surface area (Å²) in [5.41, 5.74) is 3.39. The molecule has 0 unspecified atom stereocenters. The van der Waals surface area contributed by atoms with Crippen molar-refractivity contribution in [2.24, 2.45) is 0 Å². The fourth-order valence-electron chi connectivity index (χ4n) is 7.75. The maximum absolute atomic E-state index is 13.5. The molecule has 0 radical (unpaired) electrons. The van der Waals surface area contributed by atoms with Crippen LogP contribution in [0.2, 0.25) is 0 Å². The molecule has 18 nitrogen and oxygen atoms in total. The van der Waals surface area contributed by atoms with E-state index in [1.54, 1.807) is 65.8 Å². The van der Waals surface area contributed by atoms with Crippen LogP contribution in [0.1, 0.15) is 84.5 Å². The SMILES string of the molecule is COC(=O)c1ccc(NC(=O)[C@@H](Cc2ccccc2)NC(=O)[C@@H](Cc2ccccc2)NC(=O)OC(C)(C)C)cc1.COC(=O)c1ccc(NC(=O)[C@@H](Cc2ccccc2)NC(=O)[C@@H](Cc2ccccc2)NC(=O)OC(C)(C)C)cc1. The molecule has 0 aliphatic rings. The van der Waals surface area contributed by atoms with Gasteiger partial charge in [0.1, 0.15) is 35.4 Å². The summed E-state index contributed by atoms with van der Waals surface area (Å²) in [6, 6.07) is 45.6.